The van der Waals surface area contributed by atoms with Gasteiger partial charge in [-0.2, -0.15) is 0 Å². The number of primary amides is 1. The second-order valence-corrected chi connectivity index (χ2v) is 6.55. The van der Waals surface area contributed by atoms with Crippen molar-refractivity contribution in [2.45, 2.75) is 31.8 Å². The first-order valence-electron chi connectivity index (χ1n) is 7.95. The van der Waals surface area contributed by atoms with Gasteiger partial charge in [-0.05, 0) is 48.2 Å². The van der Waals surface area contributed by atoms with Gasteiger partial charge in [-0.25, -0.2) is 0 Å². The van der Waals surface area contributed by atoms with Gasteiger partial charge in [0.2, 0.25) is 11.8 Å². The third-order valence-corrected chi connectivity index (χ3v) is 4.42. The molecule has 1 saturated carbocycles. The Kier molecular flexibility index (Phi) is 4.86. The first-order chi connectivity index (χ1) is 11.5. The van der Waals surface area contributed by atoms with E-state index in [-0.39, 0.29) is 5.91 Å². The zero-order valence-corrected chi connectivity index (χ0v) is 14.0. The molecule has 24 heavy (non-hydrogen) atoms. The highest BCUT2D eigenvalue weighted by Gasteiger charge is 2.32. The second-order valence-electron chi connectivity index (χ2n) is 6.12. The average molecular weight is 343 g/mol. The van der Waals surface area contributed by atoms with Crippen molar-refractivity contribution in [1.82, 2.24) is 4.90 Å². The molecule has 0 aliphatic heterocycles. The molecule has 2 amide bonds. The van der Waals surface area contributed by atoms with Gasteiger partial charge >= 0.3 is 0 Å². The number of halogens is 1. The zero-order chi connectivity index (χ0) is 17.1. The largest absolute Gasteiger partial charge is 0.366 e. The fourth-order valence-corrected chi connectivity index (χ4v) is 2.78. The van der Waals surface area contributed by atoms with Crippen LogP contribution in [0.3, 0.4) is 0 Å². The standard InChI is InChI=1S/C19H19ClN2O2/c20-16-7-3-13(4-8-16)11-18(23)22(17-9-10-17)12-14-1-5-15(6-2-14)19(21)24/h1-8,17H,9-12H2,(H2,21,24). The van der Waals surface area contributed by atoms with E-state index in [4.69, 9.17) is 17.3 Å². The van der Waals surface area contributed by atoms with Crippen molar-refractivity contribution in [3.63, 3.8) is 0 Å². The van der Waals surface area contributed by atoms with E-state index in [9.17, 15) is 9.59 Å². The van der Waals surface area contributed by atoms with E-state index < -0.39 is 5.91 Å². The Hall–Kier alpha value is -2.33. The third kappa shape index (κ3) is 4.15. The Bertz CT molecular complexity index is 737. The van der Waals surface area contributed by atoms with Crippen LogP contribution in [0.15, 0.2) is 48.5 Å². The predicted molar refractivity (Wildman–Crippen MR) is 93.7 cm³/mol. The van der Waals surface area contributed by atoms with Crippen LogP contribution in [0.5, 0.6) is 0 Å². The number of nitrogens with zero attached hydrogens (tertiary/aromatic N) is 1. The average Bonchev–Trinajstić information content (AvgIpc) is 3.40. The number of carbonyl (C=O) groups is 2. The highest BCUT2D eigenvalue weighted by Crippen LogP contribution is 2.29. The van der Waals surface area contributed by atoms with Crippen LogP contribution in [0.2, 0.25) is 5.02 Å². The minimum Gasteiger partial charge on any atom is -0.366 e. The first kappa shape index (κ1) is 16.5. The molecule has 2 aromatic carbocycles. The topological polar surface area (TPSA) is 63.4 Å². The van der Waals surface area contributed by atoms with Gasteiger partial charge in [-0.3, -0.25) is 9.59 Å². The SMILES string of the molecule is NC(=O)c1ccc(CN(C(=O)Cc2ccc(Cl)cc2)C2CC2)cc1. The lowest BCUT2D eigenvalue weighted by Crippen LogP contribution is -2.33. The Morgan fingerprint density at radius 2 is 1.58 bits per heavy atom. The molecule has 0 saturated heterocycles. The van der Waals surface area contributed by atoms with Crippen LogP contribution in [0.25, 0.3) is 0 Å². The molecular weight excluding hydrogens is 324 g/mol. The maximum Gasteiger partial charge on any atom is 0.248 e. The van der Waals surface area contributed by atoms with Gasteiger partial charge in [-0.1, -0.05) is 35.9 Å². The van der Waals surface area contributed by atoms with Crippen LogP contribution in [-0.2, 0) is 17.8 Å². The molecule has 124 valence electrons. The molecule has 0 radical (unpaired) electrons. The molecule has 2 aromatic rings. The van der Waals surface area contributed by atoms with Gasteiger partial charge in [0.1, 0.15) is 0 Å². The summed E-state index contributed by atoms with van der Waals surface area (Å²) in [6.07, 6.45) is 2.46. The highest BCUT2D eigenvalue weighted by atomic mass is 35.5. The van der Waals surface area contributed by atoms with Crippen LogP contribution in [0.4, 0.5) is 0 Å². The molecule has 1 aliphatic carbocycles. The van der Waals surface area contributed by atoms with Crippen LogP contribution in [0.1, 0.15) is 34.3 Å². The highest BCUT2D eigenvalue weighted by molar-refractivity contribution is 6.30. The molecule has 0 heterocycles. The van der Waals surface area contributed by atoms with Gasteiger partial charge in [0.15, 0.2) is 0 Å². The Labute approximate surface area is 146 Å². The molecule has 0 spiro atoms. The summed E-state index contributed by atoms with van der Waals surface area (Å²) in [6.45, 7) is 0.552. The predicted octanol–water partition coefficient (Wildman–Crippen LogP) is 3.17. The molecule has 1 fully saturated rings. The lowest BCUT2D eigenvalue weighted by molar-refractivity contribution is -0.131. The van der Waals surface area contributed by atoms with Crippen molar-refractivity contribution in [1.29, 1.82) is 0 Å². The minimum atomic E-state index is -0.445. The summed E-state index contributed by atoms with van der Waals surface area (Å²) < 4.78 is 0. The maximum atomic E-state index is 12.7. The quantitative estimate of drug-likeness (QED) is 0.876. The van der Waals surface area contributed by atoms with Gasteiger partial charge in [0.05, 0.1) is 6.42 Å². The number of carbonyl (C=O) groups excluding carboxylic acids is 2. The summed E-state index contributed by atoms with van der Waals surface area (Å²) in [5, 5.41) is 0.666. The van der Waals surface area contributed by atoms with E-state index in [0.717, 1.165) is 24.0 Å². The molecule has 4 nitrogen and oxygen atoms in total. The number of benzene rings is 2. The number of hydrogen-bond acceptors (Lipinski definition) is 2. The molecule has 3 rings (SSSR count). The monoisotopic (exact) mass is 342 g/mol. The van der Waals surface area contributed by atoms with Gasteiger partial charge in [0.25, 0.3) is 0 Å². The Balaban J connectivity index is 1.69. The summed E-state index contributed by atoms with van der Waals surface area (Å²) in [5.41, 5.74) is 7.69. The summed E-state index contributed by atoms with van der Waals surface area (Å²) in [5.74, 6) is -0.335. The second kappa shape index (κ2) is 7.05. The van der Waals surface area contributed by atoms with Crippen LogP contribution in [-0.4, -0.2) is 22.8 Å². The third-order valence-electron chi connectivity index (χ3n) is 4.17. The van der Waals surface area contributed by atoms with Crippen molar-refractivity contribution in [2.24, 2.45) is 5.73 Å². The van der Waals surface area contributed by atoms with Gasteiger partial charge in [0, 0.05) is 23.2 Å². The number of nitrogens with two attached hydrogens (primary N) is 1. The number of rotatable bonds is 6. The fraction of sp³-hybridized carbons (Fsp3) is 0.263. The van der Waals surface area contributed by atoms with E-state index in [2.05, 4.69) is 0 Å². The van der Waals surface area contributed by atoms with Crippen LogP contribution < -0.4 is 5.73 Å². The van der Waals surface area contributed by atoms with Crippen molar-refractivity contribution in [2.75, 3.05) is 0 Å². The van der Waals surface area contributed by atoms with Crippen molar-refractivity contribution in [3.8, 4) is 0 Å². The summed E-state index contributed by atoms with van der Waals surface area (Å²) in [7, 11) is 0. The van der Waals surface area contributed by atoms with Crippen LogP contribution >= 0.6 is 11.6 Å². The number of hydrogen-bond donors (Lipinski definition) is 1. The van der Waals surface area contributed by atoms with Gasteiger partial charge in [-0.15, -0.1) is 0 Å². The van der Waals surface area contributed by atoms with Crippen LogP contribution in [0, 0.1) is 0 Å². The molecule has 0 unspecified atom stereocenters. The van der Waals surface area contributed by atoms with Crippen molar-refractivity contribution >= 4 is 23.4 Å². The van der Waals surface area contributed by atoms with E-state index in [1.807, 2.05) is 29.2 Å². The zero-order valence-electron chi connectivity index (χ0n) is 13.2. The molecular formula is C19H19ClN2O2. The molecule has 1 aliphatic rings. The van der Waals surface area contributed by atoms with E-state index >= 15 is 0 Å². The minimum absolute atomic E-state index is 0.110. The summed E-state index contributed by atoms with van der Waals surface area (Å²) in [6, 6.07) is 14.8. The molecule has 0 aromatic heterocycles. The molecule has 0 atom stereocenters. The van der Waals surface area contributed by atoms with E-state index in [1.165, 1.54) is 0 Å². The lowest BCUT2D eigenvalue weighted by Gasteiger charge is -2.23. The Morgan fingerprint density at radius 3 is 2.12 bits per heavy atom. The molecule has 2 N–H and O–H groups in total. The molecule has 0 bridgehead atoms. The smallest absolute Gasteiger partial charge is 0.248 e. The molecule has 5 heteroatoms. The summed E-state index contributed by atoms with van der Waals surface area (Å²) >= 11 is 5.89. The Morgan fingerprint density at radius 1 is 1.00 bits per heavy atom. The number of amides is 2. The van der Waals surface area contributed by atoms with E-state index in [1.54, 1.807) is 24.3 Å². The lowest BCUT2D eigenvalue weighted by atomic mass is 10.1. The van der Waals surface area contributed by atoms with E-state index in [0.29, 0.717) is 29.6 Å². The maximum absolute atomic E-state index is 12.7. The fourth-order valence-electron chi connectivity index (χ4n) is 2.66. The first-order valence-corrected chi connectivity index (χ1v) is 8.33. The normalized spacial score (nSPS) is 13.5. The van der Waals surface area contributed by atoms with Crippen molar-refractivity contribution in [3.05, 3.63) is 70.2 Å². The summed E-state index contributed by atoms with van der Waals surface area (Å²) in [4.78, 5) is 25.7. The van der Waals surface area contributed by atoms with Crippen molar-refractivity contribution < 1.29 is 9.59 Å². The van der Waals surface area contributed by atoms with Gasteiger partial charge < -0.3 is 10.6 Å².